The number of pyridine rings is 1. The fraction of sp³-hybridized carbons (Fsp3) is 0.357. The topological polar surface area (TPSA) is 66.0 Å². The Morgan fingerprint density at radius 3 is 2.60 bits per heavy atom. The number of aromatic nitrogens is 3. The molecule has 0 radical (unpaired) electrons. The summed E-state index contributed by atoms with van der Waals surface area (Å²) in [4.78, 5) is 14.7. The number of nitrogens with one attached hydrogen (secondary N) is 2. The van der Waals surface area contributed by atoms with Gasteiger partial charge in [-0.25, -0.2) is 4.98 Å². The van der Waals surface area contributed by atoms with Crippen molar-refractivity contribution in [3.8, 4) is 0 Å². The highest BCUT2D eigenvalue weighted by atomic mass is 15.2. The first-order valence-corrected chi connectivity index (χ1v) is 6.58. The molecule has 2 aromatic heterocycles. The number of anilines is 2. The van der Waals surface area contributed by atoms with Crippen molar-refractivity contribution in [1.82, 2.24) is 19.9 Å². The highest BCUT2D eigenvalue weighted by Crippen LogP contribution is 2.07. The zero-order valence-electron chi connectivity index (χ0n) is 11.9. The molecule has 0 aliphatic rings. The molecule has 2 heterocycles. The van der Waals surface area contributed by atoms with E-state index in [1.165, 1.54) is 5.56 Å². The van der Waals surface area contributed by atoms with Crippen LogP contribution in [-0.4, -0.2) is 47.0 Å². The third kappa shape index (κ3) is 4.81. The molecule has 6 nitrogen and oxygen atoms in total. The fourth-order valence-electron chi connectivity index (χ4n) is 1.63. The van der Waals surface area contributed by atoms with E-state index in [0.29, 0.717) is 5.95 Å². The zero-order valence-corrected chi connectivity index (χ0v) is 11.9. The minimum Gasteiger partial charge on any atom is -0.366 e. The van der Waals surface area contributed by atoms with E-state index < -0.39 is 0 Å². The lowest BCUT2D eigenvalue weighted by Gasteiger charge is -2.11. The Balaban J connectivity index is 1.86. The molecule has 6 heteroatoms. The van der Waals surface area contributed by atoms with Gasteiger partial charge < -0.3 is 15.5 Å². The van der Waals surface area contributed by atoms with Crippen LogP contribution in [0.25, 0.3) is 0 Å². The summed E-state index contributed by atoms with van der Waals surface area (Å²) in [6.45, 7) is 2.48. The number of likely N-dealkylation sites (N-methyl/N-ethyl adjacent to an activating group) is 1. The van der Waals surface area contributed by atoms with E-state index in [2.05, 4.69) is 30.5 Å². The van der Waals surface area contributed by atoms with Gasteiger partial charge in [0.05, 0.1) is 0 Å². The molecule has 106 valence electrons. The largest absolute Gasteiger partial charge is 0.366 e. The second-order valence-electron chi connectivity index (χ2n) is 4.70. The quantitative estimate of drug-likeness (QED) is 0.795. The van der Waals surface area contributed by atoms with Crippen LogP contribution in [0.1, 0.15) is 5.56 Å². The summed E-state index contributed by atoms with van der Waals surface area (Å²) in [6, 6.07) is 5.81. The molecule has 0 bridgehead atoms. The summed E-state index contributed by atoms with van der Waals surface area (Å²) in [6.07, 6.45) is 5.32. The van der Waals surface area contributed by atoms with Crippen molar-refractivity contribution in [2.75, 3.05) is 37.8 Å². The lowest BCUT2D eigenvalue weighted by Crippen LogP contribution is -2.21. The van der Waals surface area contributed by atoms with Crippen LogP contribution in [0.15, 0.2) is 36.8 Å². The van der Waals surface area contributed by atoms with Crippen molar-refractivity contribution < 1.29 is 0 Å². The molecule has 0 saturated carbocycles. The van der Waals surface area contributed by atoms with E-state index in [4.69, 9.17) is 0 Å². The van der Waals surface area contributed by atoms with Crippen molar-refractivity contribution in [3.63, 3.8) is 0 Å². The molecule has 0 spiro atoms. The Hall–Kier alpha value is -2.21. The zero-order chi connectivity index (χ0) is 14.2. The Morgan fingerprint density at radius 1 is 1.05 bits per heavy atom. The van der Waals surface area contributed by atoms with Gasteiger partial charge in [0.25, 0.3) is 0 Å². The Kier molecular flexibility index (Phi) is 5.25. The lowest BCUT2D eigenvalue weighted by molar-refractivity contribution is 0.425. The Morgan fingerprint density at radius 2 is 1.85 bits per heavy atom. The molecule has 0 aliphatic heterocycles. The molecule has 2 aromatic rings. The van der Waals surface area contributed by atoms with Crippen molar-refractivity contribution in [2.24, 2.45) is 0 Å². The SMILES string of the molecule is CN(C)CCNc1nccc(NCc2ccncc2)n1. The van der Waals surface area contributed by atoms with Crippen molar-refractivity contribution in [1.29, 1.82) is 0 Å². The van der Waals surface area contributed by atoms with Gasteiger partial charge in [0.15, 0.2) is 0 Å². The first kappa shape index (κ1) is 14.2. The first-order chi connectivity index (χ1) is 9.74. The Labute approximate surface area is 119 Å². The van der Waals surface area contributed by atoms with Crippen molar-refractivity contribution >= 4 is 11.8 Å². The molecule has 0 amide bonds. The number of rotatable bonds is 7. The van der Waals surface area contributed by atoms with Crippen LogP contribution < -0.4 is 10.6 Å². The summed E-state index contributed by atoms with van der Waals surface area (Å²) < 4.78 is 0. The van der Waals surface area contributed by atoms with E-state index in [9.17, 15) is 0 Å². The standard InChI is InChI=1S/C14H20N6/c1-20(2)10-9-17-14-16-8-5-13(19-14)18-11-12-3-6-15-7-4-12/h3-8H,9-11H2,1-2H3,(H2,16,17,18,19). The molecule has 0 aromatic carbocycles. The molecule has 20 heavy (non-hydrogen) atoms. The van der Waals surface area contributed by atoms with Crippen LogP contribution in [0.2, 0.25) is 0 Å². The van der Waals surface area contributed by atoms with Gasteiger partial charge in [0.1, 0.15) is 5.82 Å². The van der Waals surface area contributed by atoms with E-state index in [-0.39, 0.29) is 0 Å². The van der Waals surface area contributed by atoms with E-state index in [1.54, 1.807) is 18.6 Å². The monoisotopic (exact) mass is 272 g/mol. The highest BCUT2D eigenvalue weighted by Gasteiger charge is 1.99. The maximum absolute atomic E-state index is 4.42. The minimum absolute atomic E-state index is 0.645. The number of hydrogen-bond acceptors (Lipinski definition) is 6. The van der Waals surface area contributed by atoms with Gasteiger partial charge in [-0.05, 0) is 37.9 Å². The summed E-state index contributed by atoms with van der Waals surface area (Å²) in [7, 11) is 4.07. The van der Waals surface area contributed by atoms with E-state index >= 15 is 0 Å². The third-order valence-electron chi connectivity index (χ3n) is 2.72. The van der Waals surface area contributed by atoms with Gasteiger partial charge in [-0.3, -0.25) is 4.98 Å². The number of nitrogens with zero attached hydrogens (tertiary/aromatic N) is 4. The predicted molar refractivity (Wildman–Crippen MR) is 80.6 cm³/mol. The summed E-state index contributed by atoms with van der Waals surface area (Å²) >= 11 is 0. The first-order valence-electron chi connectivity index (χ1n) is 6.58. The molecule has 2 N–H and O–H groups in total. The molecule has 0 unspecified atom stereocenters. The second-order valence-corrected chi connectivity index (χ2v) is 4.70. The molecule has 0 fully saturated rings. The molecular weight excluding hydrogens is 252 g/mol. The van der Waals surface area contributed by atoms with E-state index in [1.807, 2.05) is 32.3 Å². The van der Waals surface area contributed by atoms with Gasteiger partial charge >= 0.3 is 0 Å². The van der Waals surface area contributed by atoms with Crippen molar-refractivity contribution in [3.05, 3.63) is 42.4 Å². The predicted octanol–water partition coefficient (Wildman–Crippen LogP) is 1.46. The molecule has 0 aliphatic carbocycles. The minimum atomic E-state index is 0.645. The van der Waals surface area contributed by atoms with E-state index in [0.717, 1.165) is 25.5 Å². The molecule has 0 atom stereocenters. The van der Waals surface area contributed by atoms with Crippen LogP contribution in [-0.2, 0) is 6.54 Å². The van der Waals surface area contributed by atoms with Gasteiger partial charge in [0, 0.05) is 38.2 Å². The molecule has 0 saturated heterocycles. The van der Waals surface area contributed by atoms with Gasteiger partial charge in [-0.15, -0.1) is 0 Å². The van der Waals surface area contributed by atoms with Crippen molar-refractivity contribution in [2.45, 2.75) is 6.54 Å². The van der Waals surface area contributed by atoms with Crippen LogP contribution in [0.3, 0.4) is 0 Å². The molecular formula is C14H20N6. The van der Waals surface area contributed by atoms with Gasteiger partial charge in [-0.2, -0.15) is 4.98 Å². The summed E-state index contributed by atoms with van der Waals surface area (Å²) in [5, 5.41) is 6.47. The lowest BCUT2D eigenvalue weighted by atomic mass is 10.3. The Bertz CT molecular complexity index is 514. The van der Waals surface area contributed by atoms with Crippen LogP contribution >= 0.6 is 0 Å². The third-order valence-corrected chi connectivity index (χ3v) is 2.72. The van der Waals surface area contributed by atoms with Crippen LogP contribution in [0.5, 0.6) is 0 Å². The fourth-order valence-corrected chi connectivity index (χ4v) is 1.63. The maximum atomic E-state index is 4.42. The normalized spacial score (nSPS) is 10.6. The second kappa shape index (κ2) is 7.40. The average molecular weight is 272 g/mol. The van der Waals surface area contributed by atoms with Crippen LogP contribution in [0, 0.1) is 0 Å². The van der Waals surface area contributed by atoms with Crippen LogP contribution in [0.4, 0.5) is 11.8 Å². The van der Waals surface area contributed by atoms with Gasteiger partial charge in [0.2, 0.25) is 5.95 Å². The maximum Gasteiger partial charge on any atom is 0.224 e. The smallest absolute Gasteiger partial charge is 0.224 e. The number of hydrogen-bond donors (Lipinski definition) is 2. The molecule has 2 rings (SSSR count). The van der Waals surface area contributed by atoms with Gasteiger partial charge in [-0.1, -0.05) is 0 Å². The summed E-state index contributed by atoms with van der Waals surface area (Å²) in [5.41, 5.74) is 1.17. The average Bonchev–Trinajstić information content (AvgIpc) is 2.46. The highest BCUT2D eigenvalue weighted by molar-refractivity contribution is 5.40. The summed E-state index contributed by atoms with van der Waals surface area (Å²) in [5.74, 6) is 1.45.